The zero-order valence-corrected chi connectivity index (χ0v) is 39.1. The van der Waals surface area contributed by atoms with E-state index in [1.807, 2.05) is 61.4 Å². The van der Waals surface area contributed by atoms with Gasteiger partial charge in [-0.25, -0.2) is 18.0 Å². The monoisotopic (exact) mass is 924 g/mol. The molecule has 2 saturated heterocycles. The molecule has 12 nitrogen and oxygen atoms in total. The highest BCUT2D eigenvalue weighted by molar-refractivity contribution is 5.96. The number of piperidine rings is 1. The molecule has 5 aliphatic heterocycles. The summed E-state index contributed by atoms with van der Waals surface area (Å²) >= 11 is 0. The number of methoxy groups -OCH3 is 3. The van der Waals surface area contributed by atoms with Crippen molar-refractivity contribution >= 4 is 34.5 Å². The lowest BCUT2D eigenvalue weighted by Gasteiger charge is -2.63. The highest BCUT2D eigenvalue weighted by Gasteiger charge is 2.80. The van der Waals surface area contributed by atoms with Gasteiger partial charge in [0.1, 0.15) is 17.0 Å². The molecule has 0 amide bonds. The van der Waals surface area contributed by atoms with Gasteiger partial charge in [0.05, 0.1) is 27.4 Å². The molecular weight excluding hydrogens is 866 g/mol. The second kappa shape index (κ2) is 15.8. The number of hydrogen-bond donors (Lipinski definition) is 2. The lowest BCUT2D eigenvalue weighted by molar-refractivity contribution is -0.228. The third-order valence-corrected chi connectivity index (χ3v) is 16.8. The van der Waals surface area contributed by atoms with Gasteiger partial charge in [-0.2, -0.15) is 0 Å². The van der Waals surface area contributed by atoms with Crippen molar-refractivity contribution in [3.05, 3.63) is 95.0 Å². The van der Waals surface area contributed by atoms with Crippen LogP contribution in [0.25, 0.3) is 22.0 Å². The van der Waals surface area contributed by atoms with Crippen molar-refractivity contribution < 1.29 is 51.6 Å². The molecule has 10 atom stereocenters. The summed E-state index contributed by atoms with van der Waals surface area (Å²) in [5, 5.41) is 14.2. The topological polar surface area (TPSA) is 134 Å². The first-order valence-electron chi connectivity index (χ1n) is 23.4. The molecule has 10 rings (SSSR count). The van der Waals surface area contributed by atoms with Crippen LogP contribution in [0.1, 0.15) is 68.8 Å². The number of likely N-dealkylation sites (N-methyl/N-ethyl adjacent to an activating group) is 1. The molecular formula is C52H59F3N4O8. The van der Waals surface area contributed by atoms with Gasteiger partial charge in [0.15, 0.2) is 6.10 Å². The zero-order valence-electron chi connectivity index (χ0n) is 39.1. The van der Waals surface area contributed by atoms with Gasteiger partial charge in [-0.05, 0) is 104 Å². The Labute approximate surface area is 388 Å². The number of hydrogen-bond acceptors (Lipinski definition) is 11. The summed E-state index contributed by atoms with van der Waals surface area (Å²) in [5.74, 6) is -6.57. The first-order chi connectivity index (χ1) is 31.9. The number of carbonyl (C=O) groups excluding carboxylic acids is 3. The Morgan fingerprint density at radius 2 is 1.67 bits per heavy atom. The van der Waals surface area contributed by atoms with Crippen LogP contribution in [-0.4, -0.2) is 129 Å². The summed E-state index contributed by atoms with van der Waals surface area (Å²) in [6.07, 6.45) is 4.21. The minimum absolute atomic E-state index is 0.0899. The molecule has 67 heavy (non-hydrogen) atoms. The Morgan fingerprint density at radius 1 is 0.940 bits per heavy atom. The van der Waals surface area contributed by atoms with Crippen molar-refractivity contribution in [3.8, 4) is 16.9 Å². The molecule has 6 heterocycles. The van der Waals surface area contributed by atoms with E-state index in [1.54, 1.807) is 12.1 Å². The third-order valence-electron chi connectivity index (χ3n) is 16.8. The lowest BCUT2D eigenvalue weighted by atomic mass is 9.47. The van der Waals surface area contributed by atoms with Gasteiger partial charge < -0.3 is 38.8 Å². The molecule has 3 fully saturated rings. The Kier molecular flexibility index (Phi) is 10.7. The number of aromatic nitrogens is 1. The second-order valence-electron chi connectivity index (χ2n) is 20.1. The van der Waals surface area contributed by atoms with Gasteiger partial charge in [-0.1, -0.05) is 37.3 Å². The first-order valence-corrected chi connectivity index (χ1v) is 23.4. The van der Waals surface area contributed by atoms with Gasteiger partial charge in [-0.3, -0.25) is 14.5 Å². The van der Waals surface area contributed by atoms with E-state index in [0.29, 0.717) is 68.1 Å². The minimum Gasteiger partial charge on any atom is -0.496 e. The van der Waals surface area contributed by atoms with Crippen LogP contribution in [0.15, 0.2) is 66.7 Å². The average molecular weight is 925 g/mol. The van der Waals surface area contributed by atoms with E-state index in [-0.39, 0.29) is 25.2 Å². The Hall–Kier alpha value is -5.38. The average Bonchev–Trinajstić information content (AvgIpc) is 3.97. The second-order valence-corrected chi connectivity index (χ2v) is 20.1. The molecule has 4 aromatic rings. The summed E-state index contributed by atoms with van der Waals surface area (Å²) in [5.41, 5.74) is -0.493. The van der Waals surface area contributed by atoms with Crippen molar-refractivity contribution in [1.82, 2.24) is 14.8 Å². The first kappa shape index (κ1) is 45.4. The van der Waals surface area contributed by atoms with Crippen LogP contribution in [0, 0.1) is 23.1 Å². The number of benzene rings is 3. The number of ether oxygens (including phenoxy) is 4. The van der Waals surface area contributed by atoms with Crippen molar-refractivity contribution in [2.45, 2.75) is 93.4 Å². The summed E-state index contributed by atoms with van der Waals surface area (Å²) in [6.45, 7) is 6.51. The molecule has 0 radical (unpaired) electrons. The van der Waals surface area contributed by atoms with Crippen LogP contribution in [0.3, 0.4) is 0 Å². The lowest BCUT2D eigenvalue weighted by Crippen LogP contribution is -2.81. The normalized spacial score (nSPS) is 33.1. The van der Waals surface area contributed by atoms with E-state index >= 15 is 13.6 Å². The van der Waals surface area contributed by atoms with Crippen LogP contribution in [0.5, 0.6) is 5.75 Å². The summed E-state index contributed by atoms with van der Waals surface area (Å²) in [6, 6.07) is 14.6. The Bertz CT molecular complexity index is 2700. The fraction of sp³-hybridized carbons (Fsp3) is 0.519. The predicted octanol–water partition coefficient (Wildman–Crippen LogP) is 6.93. The van der Waals surface area contributed by atoms with Gasteiger partial charge in [-0.15, -0.1) is 0 Å². The number of anilines is 1. The molecule has 2 bridgehead atoms. The molecule has 1 aliphatic carbocycles. The summed E-state index contributed by atoms with van der Waals surface area (Å²) < 4.78 is 69.2. The molecule has 15 heteroatoms. The fourth-order valence-electron chi connectivity index (χ4n) is 14.3. The van der Waals surface area contributed by atoms with Crippen molar-refractivity contribution in [1.29, 1.82) is 0 Å². The number of alkyl halides is 2. The van der Waals surface area contributed by atoms with E-state index in [9.17, 15) is 19.1 Å². The quantitative estimate of drug-likeness (QED) is 0.108. The predicted molar refractivity (Wildman–Crippen MR) is 245 cm³/mol. The third kappa shape index (κ3) is 6.32. The summed E-state index contributed by atoms with van der Waals surface area (Å²) in [4.78, 5) is 53.2. The molecule has 1 spiro atoms. The number of fused-ring (bicyclic) bond motifs is 6. The molecule has 1 saturated carbocycles. The maximum absolute atomic E-state index is 15.6. The van der Waals surface area contributed by atoms with Crippen molar-refractivity contribution in [3.63, 3.8) is 0 Å². The molecule has 1 aromatic heterocycles. The van der Waals surface area contributed by atoms with Crippen LogP contribution in [-0.2, 0) is 45.8 Å². The highest BCUT2D eigenvalue weighted by atomic mass is 19.3. The Balaban J connectivity index is 1.27. The standard InChI is InChI=1S/C52H59F3N4O8/c1-8-49-17-9-19-59-21-18-50(43(49)59)37-24-38(41(64-5)25-40(37)57(4)44(50)52(63,47(62)66-7)45(49)67-29(2)60)51(46(61)65-6)26-30-22-33(48(3,54)55)28-58(27-30)20-16-35-36-23-32(12-15-39(36)56-42(35)51)31-10-13-34(53)14-11-31/h9-15,17,23-25,30,33,43-45,56,63H,8,16,18-22,26-28H2,1-7H3/t30?,33?,43?,44?,45-,49-,50?,51-,52+/m0/s1. The number of rotatable bonds is 8. The number of aromatic amines is 1. The number of nitrogens with zero attached hydrogens (tertiary/aromatic N) is 3. The number of nitrogens with one attached hydrogen (secondary N) is 1. The number of carbonyl (C=O) groups is 3. The zero-order chi connectivity index (χ0) is 47.6. The van der Waals surface area contributed by atoms with E-state index in [1.165, 1.54) is 40.4 Å². The van der Waals surface area contributed by atoms with E-state index < -0.39 is 75.7 Å². The van der Waals surface area contributed by atoms with Crippen LogP contribution < -0.4 is 9.64 Å². The van der Waals surface area contributed by atoms with E-state index in [2.05, 4.69) is 14.8 Å². The van der Waals surface area contributed by atoms with Gasteiger partial charge in [0.25, 0.3) is 0 Å². The molecule has 6 aliphatic rings. The van der Waals surface area contributed by atoms with Crippen LogP contribution in [0.4, 0.5) is 18.9 Å². The largest absolute Gasteiger partial charge is 0.496 e. The maximum atomic E-state index is 15.6. The highest BCUT2D eigenvalue weighted by Crippen LogP contribution is 2.68. The SMILES string of the molecule is CC[C@@]12C=CCN3CCC4(c5cc([C@@]6(C(=O)OC)CC7CC(C(C)(F)F)CN(CCc8c6[nH]c6ccc(-c9ccc(F)cc9)cc86)C7)c(OC)cc5N(C)C4[C@](O)(C(=O)OC)[C@H]1OC(C)=O)C32. The van der Waals surface area contributed by atoms with E-state index in [0.717, 1.165) is 40.1 Å². The summed E-state index contributed by atoms with van der Waals surface area (Å²) in [7, 11) is 5.89. The van der Waals surface area contributed by atoms with Gasteiger partial charge >= 0.3 is 17.9 Å². The molecule has 2 N–H and O–H groups in total. The van der Waals surface area contributed by atoms with Gasteiger partial charge in [0.2, 0.25) is 11.5 Å². The fourth-order valence-corrected chi connectivity index (χ4v) is 14.3. The molecule has 6 unspecified atom stereocenters. The Morgan fingerprint density at radius 3 is 2.34 bits per heavy atom. The molecule has 356 valence electrons. The number of aliphatic hydroxyl groups is 1. The maximum Gasteiger partial charge on any atom is 0.344 e. The van der Waals surface area contributed by atoms with Crippen LogP contribution in [0.2, 0.25) is 0 Å². The van der Waals surface area contributed by atoms with Crippen LogP contribution >= 0.6 is 0 Å². The van der Waals surface area contributed by atoms with E-state index in [4.69, 9.17) is 18.9 Å². The number of esters is 3. The van der Waals surface area contributed by atoms with Gasteiger partial charge in [0, 0.05) is 96.9 Å². The van der Waals surface area contributed by atoms with Crippen molar-refractivity contribution in [2.75, 3.05) is 66.0 Å². The minimum atomic E-state index is -2.98. The smallest absolute Gasteiger partial charge is 0.344 e. The van der Waals surface area contributed by atoms with Crippen molar-refractivity contribution in [2.24, 2.45) is 17.3 Å². The number of H-pyrrole nitrogens is 1. The number of halogens is 3. The molecule has 3 aromatic carbocycles.